The Balaban J connectivity index is 2.11. The summed E-state index contributed by atoms with van der Waals surface area (Å²) in [6.45, 7) is 6.19. The lowest BCUT2D eigenvalue weighted by molar-refractivity contribution is -0.154. The van der Waals surface area contributed by atoms with Gasteiger partial charge >= 0.3 is 0 Å². The second kappa shape index (κ2) is 3.89. The van der Waals surface area contributed by atoms with Crippen LogP contribution in [-0.2, 0) is 14.3 Å². The van der Waals surface area contributed by atoms with Crippen LogP contribution in [0.15, 0.2) is 23.8 Å². The van der Waals surface area contributed by atoms with Crippen LogP contribution in [0.1, 0.15) is 40.0 Å². The summed E-state index contributed by atoms with van der Waals surface area (Å²) in [5, 5.41) is 0. The highest BCUT2D eigenvalue weighted by Crippen LogP contribution is 2.54. The fourth-order valence-corrected chi connectivity index (χ4v) is 4.00. The number of rotatable bonds is 0. The van der Waals surface area contributed by atoms with E-state index in [1.807, 2.05) is 13.8 Å². The zero-order chi connectivity index (χ0) is 13.8. The molecule has 2 aliphatic carbocycles. The van der Waals surface area contributed by atoms with Gasteiger partial charge in [0.1, 0.15) is 5.60 Å². The molecule has 0 aromatic rings. The molecule has 0 aromatic carbocycles. The largest absolute Gasteiger partial charge is 0.360 e. The first-order valence-corrected chi connectivity index (χ1v) is 6.98. The van der Waals surface area contributed by atoms with E-state index >= 15 is 0 Å². The highest BCUT2D eigenvalue weighted by atomic mass is 16.5. The lowest BCUT2D eigenvalue weighted by Gasteiger charge is -2.35. The number of carbonyl (C=O) groups is 2. The molecule has 1 aliphatic heterocycles. The number of allylic oxidation sites excluding steroid dienone is 2. The van der Waals surface area contributed by atoms with E-state index in [1.54, 1.807) is 0 Å². The maximum absolute atomic E-state index is 12.4. The SMILES string of the molecule is CC1=C[C@H]2[C@H](CC1)C(C)(C)O[C@]21CC(=O)C=CC1=O. The maximum atomic E-state index is 12.4. The fraction of sp³-hybridized carbons (Fsp3) is 0.625. The second-order valence-electron chi connectivity index (χ2n) is 6.62. The van der Waals surface area contributed by atoms with Crippen LogP contribution in [0.5, 0.6) is 0 Å². The molecular weight excluding hydrogens is 240 g/mol. The molecule has 3 heteroatoms. The number of hydrogen-bond acceptors (Lipinski definition) is 3. The van der Waals surface area contributed by atoms with Crippen molar-refractivity contribution in [3.63, 3.8) is 0 Å². The predicted molar refractivity (Wildman–Crippen MR) is 71.6 cm³/mol. The van der Waals surface area contributed by atoms with Gasteiger partial charge in [0, 0.05) is 12.3 Å². The fourth-order valence-electron chi connectivity index (χ4n) is 4.00. The molecule has 1 spiro atoms. The molecule has 1 fully saturated rings. The molecule has 1 saturated heterocycles. The lowest BCUT2D eigenvalue weighted by Crippen LogP contribution is -2.48. The van der Waals surface area contributed by atoms with Crippen LogP contribution in [0.25, 0.3) is 0 Å². The Morgan fingerprint density at radius 1 is 1.26 bits per heavy atom. The normalized spacial score (nSPS) is 40.5. The molecule has 1 heterocycles. The average Bonchev–Trinajstić information content (AvgIpc) is 2.53. The first-order valence-electron chi connectivity index (χ1n) is 6.98. The van der Waals surface area contributed by atoms with E-state index in [-0.39, 0.29) is 29.5 Å². The van der Waals surface area contributed by atoms with E-state index in [1.165, 1.54) is 17.7 Å². The standard InChI is InChI=1S/C16H20O3/c1-10-4-6-12-13(8-10)16(19-15(12,2)3)9-11(17)5-7-14(16)18/h5,7-8,12-13H,4,6,9H2,1-3H3/t12-,13-,16+/m0/s1. The Morgan fingerprint density at radius 3 is 2.74 bits per heavy atom. The monoisotopic (exact) mass is 260 g/mol. The minimum Gasteiger partial charge on any atom is -0.360 e. The average molecular weight is 260 g/mol. The minimum atomic E-state index is -0.943. The van der Waals surface area contributed by atoms with Crippen LogP contribution in [0, 0.1) is 11.8 Å². The van der Waals surface area contributed by atoms with E-state index in [0.717, 1.165) is 12.8 Å². The number of carbonyl (C=O) groups excluding carboxylic acids is 2. The van der Waals surface area contributed by atoms with Crippen molar-refractivity contribution in [1.82, 2.24) is 0 Å². The zero-order valence-corrected chi connectivity index (χ0v) is 11.7. The third-order valence-corrected chi connectivity index (χ3v) is 4.90. The van der Waals surface area contributed by atoms with Gasteiger partial charge < -0.3 is 4.74 Å². The Bertz CT molecular complexity index is 512. The van der Waals surface area contributed by atoms with Crippen molar-refractivity contribution in [2.24, 2.45) is 11.8 Å². The summed E-state index contributed by atoms with van der Waals surface area (Å²) in [6, 6.07) is 0. The van der Waals surface area contributed by atoms with E-state index in [9.17, 15) is 9.59 Å². The highest BCUT2D eigenvalue weighted by molar-refractivity contribution is 6.10. The van der Waals surface area contributed by atoms with Gasteiger partial charge in [-0.3, -0.25) is 9.59 Å². The molecular formula is C16H20O3. The Labute approximate surface area is 113 Å². The molecule has 0 aromatic heterocycles. The Morgan fingerprint density at radius 2 is 2.00 bits per heavy atom. The van der Waals surface area contributed by atoms with Gasteiger partial charge in [0.15, 0.2) is 11.6 Å². The summed E-state index contributed by atoms with van der Waals surface area (Å²) in [6.07, 6.45) is 7.25. The summed E-state index contributed by atoms with van der Waals surface area (Å²) in [5.41, 5.74) is 0.0155. The van der Waals surface area contributed by atoms with E-state index in [2.05, 4.69) is 13.0 Å². The van der Waals surface area contributed by atoms with Crippen molar-refractivity contribution in [2.45, 2.75) is 51.2 Å². The summed E-state index contributed by atoms with van der Waals surface area (Å²) in [5.74, 6) is 0.309. The molecule has 0 unspecified atom stereocenters. The second-order valence-corrected chi connectivity index (χ2v) is 6.62. The molecule has 102 valence electrons. The lowest BCUT2D eigenvalue weighted by atomic mass is 9.66. The van der Waals surface area contributed by atoms with Crippen molar-refractivity contribution >= 4 is 11.6 Å². The Kier molecular flexibility index (Phi) is 2.62. The molecule has 0 saturated carbocycles. The number of ether oxygens (including phenoxy) is 1. The predicted octanol–water partition coefficient (Wildman–Crippen LogP) is 2.60. The van der Waals surface area contributed by atoms with Crippen molar-refractivity contribution in [2.75, 3.05) is 0 Å². The van der Waals surface area contributed by atoms with E-state index in [4.69, 9.17) is 4.74 Å². The highest BCUT2D eigenvalue weighted by Gasteiger charge is 2.62. The van der Waals surface area contributed by atoms with Crippen LogP contribution >= 0.6 is 0 Å². The van der Waals surface area contributed by atoms with E-state index < -0.39 is 5.60 Å². The third kappa shape index (κ3) is 1.75. The van der Waals surface area contributed by atoms with Crippen molar-refractivity contribution < 1.29 is 14.3 Å². The van der Waals surface area contributed by atoms with Gasteiger partial charge in [0.05, 0.1) is 5.60 Å². The molecule has 0 amide bonds. The first-order chi connectivity index (χ1) is 8.85. The number of ketones is 2. The number of hydrogen-bond donors (Lipinski definition) is 0. The van der Waals surface area contributed by atoms with Crippen molar-refractivity contribution in [3.05, 3.63) is 23.8 Å². The van der Waals surface area contributed by atoms with Gasteiger partial charge in [0.2, 0.25) is 0 Å². The van der Waals surface area contributed by atoms with Gasteiger partial charge in [-0.1, -0.05) is 11.6 Å². The van der Waals surface area contributed by atoms with Gasteiger partial charge in [-0.2, -0.15) is 0 Å². The Hall–Kier alpha value is -1.22. The zero-order valence-electron chi connectivity index (χ0n) is 11.7. The summed E-state index contributed by atoms with van der Waals surface area (Å²) < 4.78 is 6.19. The third-order valence-electron chi connectivity index (χ3n) is 4.90. The van der Waals surface area contributed by atoms with Crippen molar-refractivity contribution in [3.8, 4) is 0 Å². The molecule has 3 nitrogen and oxygen atoms in total. The topological polar surface area (TPSA) is 43.4 Å². The number of fused-ring (bicyclic) bond motifs is 2. The summed E-state index contributed by atoms with van der Waals surface area (Å²) in [7, 11) is 0. The molecule has 0 N–H and O–H groups in total. The molecule has 0 bridgehead atoms. The molecule has 19 heavy (non-hydrogen) atoms. The minimum absolute atomic E-state index is 0.00678. The molecule has 3 rings (SSSR count). The molecule has 3 aliphatic rings. The van der Waals surface area contributed by atoms with Crippen molar-refractivity contribution in [1.29, 1.82) is 0 Å². The van der Waals surface area contributed by atoms with E-state index in [0.29, 0.717) is 5.92 Å². The first kappa shape index (κ1) is 12.8. The van der Waals surface area contributed by atoms with Gasteiger partial charge in [-0.05, 0) is 51.7 Å². The van der Waals surface area contributed by atoms with Crippen LogP contribution in [0.3, 0.4) is 0 Å². The maximum Gasteiger partial charge on any atom is 0.188 e. The van der Waals surface area contributed by atoms with Crippen LogP contribution < -0.4 is 0 Å². The van der Waals surface area contributed by atoms with Gasteiger partial charge in [-0.15, -0.1) is 0 Å². The van der Waals surface area contributed by atoms with Gasteiger partial charge in [0.25, 0.3) is 0 Å². The summed E-state index contributed by atoms with van der Waals surface area (Å²) in [4.78, 5) is 24.2. The molecule has 3 atom stereocenters. The van der Waals surface area contributed by atoms with Gasteiger partial charge in [-0.25, -0.2) is 0 Å². The quantitative estimate of drug-likeness (QED) is 0.629. The van der Waals surface area contributed by atoms with Crippen LogP contribution in [-0.4, -0.2) is 22.8 Å². The van der Waals surface area contributed by atoms with Crippen LogP contribution in [0.4, 0.5) is 0 Å². The summed E-state index contributed by atoms with van der Waals surface area (Å²) >= 11 is 0. The molecule has 0 radical (unpaired) electrons. The smallest absolute Gasteiger partial charge is 0.188 e. The van der Waals surface area contributed by atoms with Crippen LogP contribution in [0.2, 0.25) is 0 Å².